The first-order valence-corrected chi connectivity index (χ1v) is 9.46. The number of nitrogens with zero attached hydrogens (tertiary/aromatic N) is 3. The highest BCUT2D eigenvalue weighted by Crippen LogP contribution is 2.33. The van der Waals surface area contributed by atoms with E-state index >= 15 is 0 Å². The Balaban J connectivity index is 0.00000280. The molecule has 2 heterocycles. The molecule has 154 valence electrons. The van der Waals surface area contributed by atoms with Crippen LogP contribution in [-0.2, 0) is 0 Å². The van der Waals surface area contributed by atoms with E-state index in [9.17, 15) is 9.18 Å². The number of carbonyl (C=O) groups excluding carboxylic acids is 1. The minimum atomic E-state index is -0.293. The summed E-state index contributed by atoms with van der Waals surface area (Å²) in [7, 11) is 0. The van der Waals surface area contributed by atoms with Crippen LogP contribution < -0.4 is 10.6 Å². The molecule has 3 rings (SSSR count). The van der Waals surface area contributed by atoms with E-state index < -0.39 is 0 Å². The molecule has 0 aliphatic carbocycles. The molecule has 8 heteroatoms. The third kappa shape index (κ3) is 4.89. The van der Waals surface area contributed by atoms with Crippen molar-refractivity contribution in [3.63, 3.8) is 0 Å². The van der Waals surface area contributed by atoms with Crippen molar-refractivity contribution in [1.82, 2.24) is 25.6 Å². The fourth-order valence-electron chi connectivity index (χ4n) is 3.60. The maximum Gasteiger partial charge on any atom is 0.274 e. The van der Waals surface area contributed by atoms with Crippen molar-refractivity contribution in [3.05, 3.63) is 47.0 Å². The Morgan fingerprint density at radius 3 is 2.43 bits per heavy atom. The Labute approximate surface area is 171 Å². The summed E-state index contributed by atoms with van der Waals surface area (Å²) in [4.78, 5) is 12.9. The predicted molar refractivity (Wildman–Crippen MR) is 109 cm³/mol. The molecule has 1 unspecified atom stereocenters. The van der Waals surface area contributed by atoms with Crippen LogP contribution in [0.25, 0.3) is 0 Å². The third-order valence-electron chi connectivity index (χ3n) is 5.14. The molecule has 2 aromatic rings. The summed E-state index contributed by atoms with van der Waals surface area (Å²) in [6, 6.07) is 6.26. The zero-order valence-electron chi connectivity index (χ0n) is 16.8. The highest BCUT2D eigenvalue weighted by molar-refractivity contribution is 5.93. The van der Waals surface area contributed by atoms with Gasteiger partial charge in [0.15, 0.2) is 5.69 Å². The van der Waals surface area contributed by atoms with Gasteiger partial charge in [0.2, 0.25) is 0 Å². The molecule has 1 fully saturated rings. The Kier molecular flexibility index (Phi) is 7.17. The fourth-order valence-corrected chi connectivity index (χ4v) is 3.60. The average Bonchev–Trinajstić information content (AvgIpc) is 3.02. The summed E-state index contributed by atoms with van der Waals surface area (Å²) >= 11 is 0. The van der Waals surface area contributed by atoms with E-state index in [2.05, 4.69) is 20.9 Å². The monoisotopic (exact) mass is 409 g/mol. The maximum atomic E-state index is 13.3. The van der Waals surface area contributed by atoms with Crippen LogP contribution in [0, 0.1) is 18.2 Å². The summed E-state index contributed by atoms with van der Waals surface area (Å²) in [5.74, 6) is -0.546. The number of hydrogen-bond acceptors (Lipinski definition) is 4. The van der Waals surface area contributed by atoms with Crippen molar-refractivity contribution in [1.29, 1.82) is 0 Å². The Hall–Kier alpha value is -1.99. The number of benzene rings is 1. The lowest BCUT2D eigenvalue weighted by molar-refractivity contribution is 0.0895. The van der Waals surface area contributed by atoms with E-state index in [0.29, 0.717) is 5.69 Å². The Morgan fingerprint density at radius 2 is 1.86 bits per heavy atom. The molecule has 28 heavy (non-hydrogen) atoms. The van der Waals surface area contributed by atoms with Crippen LogP contribution in [0.15, 0.2) is 24.3 Å². The van der Waals surface area contributed by atoms with Gasteiger partial charge in [-0.05, 0) is 56.0 Å². The minimum absolute atomic E-state index is 0. The zero-order chi connectivity index (χ0) is 19.6. The van der Waals surface area contributed by atoms with Crippen LogP contribution >= 0.6 is 12.4 Å². The van der Waals surface area contributed by atoms with E-state index in [1.54, 1.807) is 12.1 Å². The number of carbonyl (C=O) groups is 1. The Morgan fingerprint density at radius 1 is 1.25 bits per heavy atom. The number of piperidine rings is 1. The van der Waals surface area contributed by atoms with Crippen LogP contribution in [0.1, 0.15) is 67.4 Å². The smallest absolute Gasteiger partial charge is 0.274 e. The first-order valence-electron chi connectivity index (χ1n) is 9.46. The number of nitrogens with one attached hydrogen (secondary N) is 2. The standard InChI is InChI=1S/C20H28FN5O.ClH/c1-13-17(24-25-26(13)16-9-11-22-12-10-16)19(27)23-18(20(2,3)4)14-5-7-15(21)8-6-14;/h5-8,16,18,22H,9-12H2,1-4H3,(H,23,27);1H. The molecule has 0 radical (unpaired) electrons. The first-order chi connectivity index (χ1) is 12.8. The summed E-state index contributed by atoms with van der Waals surface area (Å²) in [5, 5.41) is 14.8. The van der Waals surface area contributed by atoms with Crippen molar-refractivity contribution >= 4 is 18.3 Å². The van der Waals surface area contributed by atoms with Gasteiger partial charge in [-0.3, -0.25) is 4.79 Å². The molecule has 0 spiro atoms. The van der Waals surface area contributed by atoms with Crippen LogP contribution in [0.3, 0.4) is 0 Å². The summed E-state index contributed by atoms with van der Waals surface area (Å²) in [6.45, 7) is 9.91. The van der Waals surface area contributed by atoms with Gasteiger partial charge in [-0.2, -0.15) is 0 Å². The number of halogens is 2. The number of hydrogen-bond donors (Lipinski definition) is 2. The molecule has 1 saturated heterocycles. The Bertz CT molecular complexity index is 794. The van der Waals surface area contributed by atoms with Crippen molar-refractivity contribution in [3.8, 4) is 0 Å². The molecule has 6 nitrogen and oxygen atoms in total. The van der Waals surface area contributed by atoms with E-state index in [1.165, 1.54) is 12.1 Å². The molecular formula is C20H29ClFN5O. The third-order valence-corrected chi connectivity index (χ3v) is 5.14. The van der Waals surface area contributed by atoms with Gasteiger partial charge in [-0.1, -0.05) is 38.1 Å². The molecule has 1 amide bonds. The van der Waals surface area contributed by atoms with Gasteiger partial charge < -0.3 is 10.6 Å². The van der Waals surface area contributed by atoms with Crippen LogP contribution in [0.2, 0.25) is 0 Å². The number of aromatic nitrogens is 3. The lowest BCUT2D eigenvalue weighted by atomic mass is 9.82. The van der Waals surface area contributed by atoms with Crippen molar-refractivity contribution in [2.45, 2.75) is 52.6 Å². The van der Waals surface area contributed by atoms with E-state index in [4.69, 9.17) is 0 Å². The van der Waals surface area contributed by atoms with Gasteiger partial charge in [0, 0.05) is 0 Å². The lowest BCUT2D eigenvalue weighted by Crippen LogP contribution is -2.37. The van der Waals surface area contributed by atoms with Crippen molar-refractivity contribution in [2.75, 3.05) is 13.1 Å². The van der Waals surface area contributed by atoms with E-state index in [-0.39, 0.29) is 41.6 Å². The van der Waals surface area contributed by atoms with Crippen LogP contribution in [-0.4, -0.2) is 34.0 Å². The zero-order valence-corrected chi connectivity index (χ0v) is 17.6. The lowest BCUT2D eigenvalue weighted by Gasteiger charge is -2.31. The van der Waals surface area contributed by atoms with Gasteiger partial charge in [0.25, 0.3) is 5.91 Å². The predicted octanol–water partition coefficient (Wildman–Crippen LogP) is 3.59. The minimum Gasteiger partial charge on any atom is -0.343 e. The van der Waals surface area contributed by atoms with Crippen LogP contribution in [0.5, 0.6) is 0 Å². The highest BCUT2D eigenvalue weighted by Gasteiger charge is 2.30. The van der Waals surface area contributed by atoms with Crippen molar-refractivity contribution in [2.24, 2.45) is 5.41 Å². The molecule has 1 aliphatic heterocycles. The van der Waals surface area contributed by atoms with E-state index in [0.717, 1.165) is 37.2 Å². The van der Waals surface area contributed by atoms with E-state index in [1.807, 2.05) is 32.4 Å². The van der Waals surface area contributed by atoms with Gasteiger partial charge in [-0.15, -0.1) is 17.5 Å². The average molecular weight is 410 g/mol. The molecule has 2 N–H and O–H groups in total. The molecule has 1 aromatic heterocycles. The quantitative estimate of drug-likeness (QED) is 0.809. The van der Waals surface area contributed by atoms with Crippen LogP contribution in [0.4, 0.5) is 4.39 Å². The number of amides is 1. The second-order valence-electron chi connectivity index (χ2n) is 8.27. The summed E-state index contributed by atoms with van der Waals surface area (Å²) < 4.78 is 15.2. The molecule has 1 aromatic carbocycles. The van der Waals surface area contributed by atoms with Crippen molar-refractivity contribution < 1.29 is 9.18 Å². The SMILES string of the molecule is Cc1c(C(=O)NC(c2ccc(F)cc2)C(C)(C)C)nnn1C1CCNCC1.Cl. The molecule has 0 saturated carbocycles. The number of rotatable bonds is 4. The normalized spacial score (nSPS) is 16.3. The summed E-state index contributed by atoms with van der Waals surface area (Å²) in [5.41, 5.74) is 1.75. The summed E-state index contributed by atoms with van der Waals surface area (Å²) in [6.07, 6.45) is 1.96. The maximum absolute atomic E-state index is 13.3. The fraction of sp³-hybridized carbons (Fsp3) is 0.550. The largest absolute Gasteiger partial charge is 0.343 e. The first kappa shape index (κ1) is 22.3. The van der Waals surface area contributed by atoms with Gasteiger partial charge in [0.05, 0.1) is 17.8 Å². The molecule has 1 atom stereocenters. The molecular weight excluding hydrogens is 381 g/mol. The second kappa shape index (κ2) is 9.01. The topological polar surface area (TPSA) is 71.8 Å². The molecule has 0 bridgehead atoms. The molecule has 1 aliphatic rings. The second-order valence-corrected chi connectivity index (χ2v) is 8.27. The van der Waals surface area contributed by atoms with Gasteiger partial charge in [0.1, 0.15) is 5.82 Å². The highest BCUT2D eigenvalue weighted by atomic mass is 35.5. The van der Waals surface area contributed by atoms with Gasteiger partial charge in [-0.25, -0.2) is 9.07 Å². The van der Waals surface area contributed by atoms with Gasteiger partial charge >= 0.3 is 0 Å².